The van der Waals surface area contributed by atoms with Crippen LogP contribution in [0.3, 0.4) is 0 Å². The molecule has 0 radical (unpaired) electrons. The normalized spacial score (nSPS) is 9.46. The third kappa shape index (κ3) is 4.28. The van der Waals surface area contributed by atoms with Gasteiger partial charge in [-0.1, -0.05) is 0 Å². The molecule has 0 aliphatic carbocycles. The van der Waals surface area contributed by atoms with Crippen molar-refractivity contribution >= 4 is 29.2 Å². The summed E-state index contributed by atoms with van der Waals surface area (Å²) in [7, 11) is 1.28. The van der Waals surface area contributed by atoms with Gasteiger partial charge in [-0.2, -0.15) is 5.01 Å². The zero-order valence-corrected chi connectivity index (χ0v) is 8.75. The third-order valence-electron chi connectivity index (χ3n) is 1.38. The second kappa shape index (κ2) is 6.91. The fourth-order valence-electron chi connectivity index (χ4n) is 0.747. The molecule has 0 aliphatic rings. The molecule has 13 heavy (non-hydrogen) atoms. The first-order valence-electron chi connectivity index (χ1n) is 3.65. The number of carbonyl (C=O) groups excluding carboxylic acids is 1. The van der Waals surface area contributed by atoms with E-state index in [-0.39, 0.29) is 0 Å². The van der Waals surface area contributed by atoms with E-state index in [9.17, 15) is 9.70 Å². The van der Waals surface area contributed by atoms with Gasteiger partial charge in [0.05, 0.1) is 5.29 Å². The maximum Gasteiger partial charge on any atom is 0.342 e. The monoisotopic (exact) mass is 227 g/mol. The van der Waals surface area contributed by atoms with Crippen molar-refractivity contribution in [3.05, 3.63) is 4.91 Å². The minimum absolute atomic E-state index is 0.301. The predicted octanol–water partition coefficient (Wildman–Crippen LogP) is 1.50. The zero-order valence-electron chi connectivity index (χ0n) is 7.24. The summed E-state index contributed by atoms with van der Waals surface area (Å²) < 4.78 is 0. The van der Waals surface area contributed by atoms with Crippen LogP contribution >= 0.6 is 23.2 Å². The summed E-state index contributed by atoms with van der Waals surface area (Å²) in [5.41, 5.74) is 0. The molecule has 0 N–H and O–H groups in total. The van der Waals surface area contributed by atoms with Gasteiger partial charge in [-0.25, -0.2) is 4.79 Å². The van der Waals surface area contributed by atoms with Crippen molar-refractivity contribution in [2.45, 2.75) is 0 Å². The van der Waals surface area contributed by atoms with Gasteiger partial charge in [-0.15, -0.1) is 28.1 Å². The summed E-state index contributed by atoms with van der Waals surface area (Å²) in [6.45, 7) is 0.708. The lowest BCUT2D eigenvalue weighted by molar-refractivity contribution is 0.169. The summed E-state index contributed by atoms with van der Waals surface area (Å²) in [6, 6.07) is -0.490. The molecule has 0 unspecified atom stereocenters. The van der Waals surface area contributed by atoms with Crippen LogP contribution in [0.4, 0.5) is 4.79 Å². The Labute approximate surface area is 86.5 Å². The number of halogens is 2. The van der Waals surface area contributed by atoms with Gasteiger partial charge in [-0.3, -0.25) is 0 Å². The number of nitrogens with zero attached hydrogens (tertiary/aromatic N) is 3. The van der Waals surface area contributed by atoms with E-state index in [1.165, 1.54) is 11.9 Å². The van der Waals surface area contributed by atoms with E-state index in [2.05, 4.69) is 5.29 Å². The number of carbonyl (C=O) groups is 1. The average Bonchev–Trinajstić information content (AvgIpc) is 2.15. The molecule has 0 fully saturated rings. The van der Waals surface area contributed by atoms with Gasteiger partial charge in [0.15, 0.2) is 0 Å². The van der Waals surface area contributed by atoms with Gasteiger partial charge < -0.3 is 4.90 Å². The van der Waals surface area contributed by atoms with Crippen LogP contribution in [0.2, 0.25) is 0 Å². The first-order valence-corrected chi connectivity index (χ1v) is 4.72. The Morgan fingerprint density at radius 1 is 1.31 bits per heavy atom. The van der Waals surface area contributed by atoms with Crippen LogP contribution in [-0.2, 0) is 0 Å². The van der Waals surface area contributed by atoms with Crippen LogP contribution in [0, 0.1) is 4.91 Å². The van der Waals surface area contributed by atoms with Crippen molar-refractivity contribution in [2.75, 3.05) is 31.9 Å². The molecule has 0 aromatic heterocycles. The minimum Gasteiger partial charge on any atom is -0.321 e. The van der Waals surface area contributed by atoms with Gasteiger partial charge in [0.2, 0.25) is 0 Å². The van der Waals surface area contributed by atoms with Crippen molar-refractivity contribution in [3.63, 3.8) is 0 Å². The molecule has 7 heteroatoms. The van der Waals surface area contributed by atoms with Crippen LogP contribution < -0.4 is 0 Å². The van der Waals surface area contributed by atoms with Crippen molar-refractivity contribution < 1.29 is 4.79 Å². The third-order valence-corrected chi connectivity index (χ3v) is 1.72. The molecule has 2 amide bonds. The number of alkyl halides is 2. The van der Waals surface area contributed by atoms with E-state index in [4.69, 9.17) is 23.2 Å². The summed E-state index contributed by atoms with van der Waals surface area (Å²) >= 11 is 10.9. The fourth-order valence-corrected chi connectivity index (χ4v) is 1.15. The Morgan fingerprint density at radius 3 is 2.08 bits per heavy atom. The Morgan fingerprint density at radius 2 is 1.77 bits per heavy atom. The zero-order chi connectivity index (χ0) is 10.3. The number of rotatable bonds is 5. The second-order valence-corrected chi connectivity index (χ2v) is 3.01. The van der Waals surface area contributed by atoms with Crippen molar-refractivity contribution in [1.29, 1.82) is 0 Å². The van der Waals surface area contributed by atoms with Gasteiger partial charge in [0.25, 0.3) is 0 Å². The highest BCUT2D eigenvalue weighted by Crippen LogP contribution is 1.98. The molecule has 0 aromatic rings. The van der Waals surface area contributed by atoms with Crippen LogP contribution in [0.25, 0.3) is 0 Å². The molecule has 5 nitrogen and oxygen atoms in total. The molecule has 76 valence electrons. The lowest BCUT2D eigenvalue weighted by Crippen LogP contribution is -2.40. The van der Waals surface area contributed by atoms with Gasteiger partial charge in [-0.05, 0) is 0 Å². The van der Waals surface area contributed by atoms with Crippen molar-refractivity contribution in [3.8, 4) is 0 Å². The average molecular weight is 228 g/mol. The Balaban J connectivity index is 4.17. The summed E-state index contributed by atoms with van der Waals surface area (Å²) in [4.78, 5) is 22.7. The van der Waals surface area contributed by atoms with E-state index in [1.807, 2.05) is 0 Å². The van der Waals surface area contributed by atoms with E-state index in [0.29, 0.717) is 29.9 Å². The number of urea groups is 1. The number of amides is 2. The van der Waals surface area contributed by atoms with Gasteiger partial charge >= 0.3 is 6.03 Å². The van der Waals surface area contributed by atoms with Crippen LogP contribution in [0.15, 0.2) is 5.29 Å². The lowest BCUT2D eigenvalue weighted by Gasteiger charge is -2.22. The van der Waals surface area contributed by atoms with E-state index >= 15 is 0 Å². The number of hydrogen-bond donors (Lipinski definition) is 0. The minimum atomic E-state index is -0.490. The number of hydrogen-bond acceptors (Lipinski definition) is 3. The summed E-state index contributed by atoms with van der Waals surface area (Å²) in [5.74, 6) is 0.602. The van der Waals surface area contributed by atoms with Gasteiger partial charge in [0.1, 0.15) is 0 Å². The molecule has 0 rings (SSSR count). The molecule has 0 heterocycles. The highest BCUT2D eigenvalue weighted by molar-refractivity contribution is 6.18. The smallest absolute Gasteiger partial charge is 0.321 e. The molecule has 0 aliphatic heterocycles. The molecule has 0 aromatic carbocycles. The highest BCUT2D eigenvalue weighted by atomic mass is 35.5. The molecular formula is C6H11Cl2N3O2. The Kier molecular flexibility index (Phi) is 6.62. The predicted molar refractivity (Wildman–Crippen MR) is 52.0 cm³/mol. The highest BCUT2D eigenvalue weighted by Gasteiger charge is 2.16. The van der Waals surface area contributed by atoms with Crippen LogP contribution in [0.1, 0.15) is 0 Å². The Bertz CT molecular complexity index is 173. The standard InChI is InChI=1S/C6H11Cl2N3O2/c1-10(9-13)6(12)11(4-2-7)5-3-8/h2-5H2,1H3. The molecule has 0 spiro atoms. The van der Waals surface area contributed by atoms with Crippen LogP contribution in [0.5, 0.6) is 0 Å². The molecular weight excluding hydrogens is 217 g/mol. The maximum atomic E-state index is 11.3. The SMILES string of the molecule is CN(N=O)C(=O)N(CCCl)CCCl. The van der Waals surface area contributed by atoms with Crippen molar-refractivity contribution in [2.24, 2.45) is 5.29 Å². The second-order valence-electron chi connectivity index (χ2n) is 2.25. The summed E-state index contributed by atoms with van der Waals surface area (Å²) in [6.07, 6.45) is 0. The van der Waals surface area contributed by atoms with E-state index in [0.717, 1.165) is 0 Å². The topological polar surface area (TPSA) is 53.0 Å². The molecule has 0 atom stereocenters. The van der Waals surface area contributed by atoms with E-state index < -0.39 is 6.03 Å². The first kappa shape index (κ1) is 12.4. The largest absolute Gasteiger partial charge is 0.342 e. The maximum absolute atomic E-state index is 11.3. The van der Waals surface area contributed by atoms with E-state index in [1.54, 1.807) is 0 Å². The lowest BCUT2D eigenvalue weighted by atomic mass is 10.5. The molecule has 0 saturated carbocycles. The van der Waals surface area contributed by atoms with Gasteiger partial charge in [0, 0.05) is 31.9 Å². The first-order chi connectivity index (χ1) is 6.17. The molecule has 0 saturated heterocycles. The molecule has 0 bridgehead atoms. The number of nitroso groups, excluding NO2 is 1. The van der Waals surface area contributed by atoms with Crippen molar-refractivity contribution in [1.82, 2.24) is 9.91 Å². The summed E-state index contributed by atoms with van der Waals surface area (Å²) in [5, 5.41) is 3.19. The van der Waals surface area contributed by atoms with Crippen LogP contribution in [-0.4, -0.2) is 47.8 Å². The quantitative estimate of drug-likeness (QED) is 0.406. The Hall–Kier alpha value is -0.550. The fraction of sp³-hybridized carbons (Fsp3) is 0.833.